The highest BCUT2D eigenvalue weighted by atomic mass is 32.1. The third-order valence-electron chi connectivity index (χ3n) is 2.61. The molecular formula is C15H15NOS. The van der Waals surface area contributed by atoms with Gasteiger partial charge in [0, 0.05) is 5.69 Å². The van der Waals surface area contributed by atoms with Crippen molar-refractivity contribution in [3.05, 3.63) is 65.7 Å². The maximum absolute atomic E-state index is 11.3. The van der Waals surface area contributed by atoms with Crippen molar-refractivity contribution in [2.24, 2.45) is 0 Å². The maximum atomic E-state index is 11.3. The second-order valence-corrected chi connectivity index (χ2v) is 4.39. The van der Waals surface area contributed by atoms with Gasteiger partial charge in [-0.05, 0) is 29.7 Å². The zero-order valence-corrected chi connectivity index (χ0v) is 10.9. The molecule has 0 aliphatic carbocycles. The molecule has 0 bridgehead atoms. The van der Waals surface area contributed by atoms with Crippen molar-refractivity contribution in [2.45, 2.75) is 6.42 Å². The number of thiol groups is 1. The molecule has 0 saturated heterocycles. The van der Waals surface area contributed by atoms with Crippen LogP contribution in [0.25, 0.3) is 0 Å². The standard InChI is InChI=1S/C15H15NOS/c17-15(11-18)16-14-8-4-7-13(10-14)9-12-5-2-1-3-6-12/h1-8,10,18H,9,11H2,(H,16,17). The lowest BCUT2D eigenvalue weighted by atomic mass is 10.0. The van der Waals surface area contributed by atoms with Gasteiger partial charge in [0.05, 0.1) is 5.75 Å². The Morgan fingerprint density at radius 1 is 1.00 bits per heavy atom. The molecule has 0 aliphatic rings. The summed E-state index contributed by atoms with van der Waals surface area (Å²) in [6.45, 7) is 0. The number of rotatable bonds is 4. The Balaban J connectivity index is 2.10. The van der Waals surface area contributed by atoms with Crippen molar-refractivity contribution in [1.82, 2.24) is 0 Å². The van der Waals surface area contributed by atoms with Crippen molar-refractivity contribution in [2.75, 3.05) is 11.1 Å². The predicted molar refractivity (Wildman–Crippen MR) is 78.2 cm³/mol. The minimum Gasteiger partial charge on any atom is -0.325 e. The first kappa shape index (κ1) is 12.7. The quantitative estimate of drug-likeness (QED) is 0.809. The van der Waals surface area contributed by atoms with Crippen LogP contribution in [0.2, 0.25) is 0 Å². The lowest BCUT2D eigenvalue weighted by Crippen LogP contribution is -2.12. The Morgan fingerprint density at radius 3 is 2.44 bits per heavy atom. The molecule has 2 rings (SSSR count). The van der Waals surface area contributed by atoms with Crippen LogP contribution in [0.1, 0.15) is 11.1 Å². The summed E-state index contributed by atoms with van der Waals surface area (Å²) < 4.78 is 0. The summed E-state index contributed by atoms with van der Waals surface area (Å²) in [6.07, 6.45) is 0.866. The van der Waals surface area contributed by atoms with Gasteiger partial charge in [-0.2, -0.15) is 12.6 Å². The Hall–Kier alpha value is -1.74. The molecule has 0 radical (unpaired) electrons. The Morgan fingerprint density at radius 2 is 1.72 bits per heavy atom. The number of benzene rings is 2. The van der Waals surface area contributed by atoms with E-state index in [0.29, 0.717) is 0 Å². The first-order valence-electron chi connectivity index (χ1n) is 5.81. The molecule has 18 heavy (non-hydrogen) atoms. The number of hydrogen-bond donors (Lipinski definition) is 2. The van der Waals surface area contributed by atoms with E-state index in [9.17, 15) is 4.79 Å². The van der Waals surface area contributed by atoms with Crippen LogP contribution in [0.3, 0.4) is 0 Å². The van der Waals surface area contributed by atoms with E-state index in [4.69, 9.17) is 0 Å². The molecule has 0 aliphatic heterocycles. The zero-order valence-electron chi connectivity index (χ0n) is 9.97. The summed E-state index contributed by atoms with van der Waals surface area (Å²) in [5, 5.41) is 2.80. The largest absolute Gasteiger partial charge is 0.325 e. The van der Waals surface area contributed by atoms with E-state index in [-0.39, 0.29) is 11.7 Å². The first-order chi connectivity index (χ1) is 8.78. The van der Waals surface area contributed by atoms with Crippen molar-refractivity contribution in [1.29, 1.82) is 0 Å². The fraction of sp³-hybridized carbons (Fsp3) is 0.133. The number of nitrogens with one attached hydrogen (secondary N) is 1. The SMILES string of the molecule is O=C(CS)Nc1cccc(Cc2ccccc2)c1. The van der Waals surface area contributed by atoms with Crippen molar-refractivity contribution < 1.29 is 4.79 Å². The number of anilines is 1. The third kappa shape index (κ3) is 3.64. The Labute approximate surface area is 112 Å². The molecule has 1 N–H and O–H groups in total. The number of carbonyl (C=O) groups excluding carboxylic acids is 1. The third-order valence-corrected chi connectivity index (χ3v) is 2.89. The lowest BCUT2D eigenvalue weighted by molar-refractivity contribution is -0.113. The second-order valence-electron chi connectivity index (χ2n) is 4.07. The summed E-state index contributed by atoms with van der Waals surface area (Å²) in [7, 11) is 0. The first-order valence-corrected chi connectivity index (χ1v) is 6.45. The second kappa shape index (κ2) is 6.26. The number of carbonyl (C=O) groups is 1. The van der Waals surface area contributed by atoms with Crippen LogP contribution in [0.5, 0.6) is 0 Å². The number of hydrogen-bond acceptors (Lipinski definition) is 2. The van der Waals surface area contributed by atoms with Crippen LogP contribution in [0.4, 0.5) is 5.69 Å². The molecule has 0 fully saturated rings. The van der Waals surface area contributed by atoms with E-state index in [1.807, 2.05) is 36.4 Å². The predicted octanol–water partition coefficient (Wildman–Crippen LogP) is 3.15. The summed E-state index contributed by atoms with van der Waals surface area (Å²) >= 11 is 3.94. The van der Waals surface area contributed by atoms with Gasteiger partial charge in [0.2, 0.25) is 5.91 Å². The smallest absolute Gasteiger partial charge is 0.234 e. The molecule has 0 spiro atoms. The van der Waals surface area contributed by atoms with Gasteiger partial charge >= 0.3 is 0 Å². The molecule has 2 aromatic carbocycles. The van der Waals surface area contributed by atoms with Crippen molar-refractivity contribution in [3.63, 3.8) is 0 Å². The number of amides is 1. The lowest BCUT2D eigenvalue weighted by Gasteiger charge is -2.06. The van der Waals surface area contributed by atoms with E-state index < -0.39 is 0 Å². The van der Waals surface area contributed by atoms with Gasteiger partial charge < -0.3 is 5.32 Å². The summed E-state index contributed by atoms with van der Waals surface area (Å²) in [4.78, 5) is 11.3. The normalized spacial score (nSPS) is 10.1. The van der Waals surface area contributed by atoms with E-state index in [0.717, 1.165) is 12.1 Å². The van der Waals surface area contributed by atoms with Gasteiger partial charge in [0.1, 0.15) is 0 Å². The molecule has 0 heterocycles. The van der Waals surface area contributed by atoms with E-state index in [1.165, 1.54) is 11.1 Å². The van der Waals surface area contributed by atoms with Gasteiger partial charge in [-0.1, -0.05) is 42.5 Å². The highest BCUT2D eigenvalue weighted by Crippen LogP contribution is 2.14. The molecule has 0 atom stereocenters. The minimum atomic E-state index is -0.0878. The Bertz CT molecular complexity index is 525. The van der Waals surface area contributed by atoms with Gasteiger partial charge in [0.15, 0.2) is 0 Å². The van der Waals surface area contributed by atoms with Crippen LogP contribution in [0.15, 0.2) is 54.6 Å². The molecular weight excluding hydrogens is 242 g/mol. The van der Waals surface area contributed by atoms with Crippen LogP contribution >= 0.6 is 12.6 Å². The molecule has 2 nitrogen and oxygen atoms in total. The molecule has 2 aromatic rings. The molecule has 92 valence electrons. The highest BCUT2D eigenvalue weighted by Gasteiger charge is 2.01. The maximum Gasteiger partial charge on any atom is 0.234 e. The summed E-state index contributed by atoms with van der Waals surface area (Å²) in [5.74, 6) is 0.110. The molecule has 0 saturated carbocycles. The average molecular weight is 257 g/mol. The molecule has 0 unspecified atom stereocenters. The Kier molecular flexibility index (Phi) is 4.42. The van der Waals surface area contributed by atoms with Gasteiger partial charge in [-0.3, -0.25) is 4.79 Å². The van der Waals surface area contributed by atoms with Crippen molar-refractivity contribution in [3.8, 4) is 0 Å². The van der Waals surface area contributed by atoms with Crippen LogP contribution in [-0.4, -0.2) is 11.7 Å². The monoisotopic (exact) mass is 257 g/mol. The van der Waals surface area contributed by atoms with Crippen molar-refractivity contribution >= 4 is 24.2 Å². The van der Waals surface area contributed by atoms with E-state index in [1.54, 1.807) is 0 Å². The summed E-state index contributed by atoms with van der Waals surface area (Å²) in [5.41, 5.74) is 3.26. The average Bonchev–Trinajstić information content (AvgIpc) is 2.40. The fourth-order valence-electron chi connectivity index (χ4n) is 1.79. The fourth-order valence-corrected chi connectivity index (χ4v) is 1.87. The van der Waals surface area contributed by atoms with Gasteiger partial charge in [0.25, 0.3) is 0 Å². The topological polar surface area (TPSA) is 29.1 Å². The van der Waals surface area contributed by atoms with E-state index >= 15 is 0 Å². The van der Waals surface area contributed by atoms with Crippen LogP contribution in [0, 0.1) is 0 Å². The van der Waals surface area contributed by atoms with Crippen LogP contribution < -0.4 is 5.32 Å². The minimum absolute atomic E-state index is 0.0878. The zero-order chi connectivity index (χ0) is 12.8. The van der Waals surface area contributed by atoms with Crippen LogP contribution in [-0.2, 0) is 11.2 Å². The van der Waals surface area contributed by atoms with E-state index in [2.05, 4.69) is 36.1 Å². The summed E-state index contributed by atoms with van der Waals surface area (Å²) in [6, 6.07) is 18.1. The van der Waals surface area contributed by atoms with Gasteiger partial charge in [-0.25, -0.2) is 0 Å². The molecule has 0 aromatic heterocycles. The molecule has 3 heteroatoms. The van der Waals surface area contributed by atoms with Gasteiger partial charge in [-0.15, -0.1) is 0 Å². The molecule has 1 amide bonds. The highest BCUT2D eigenvalue weighted by molar-refractivity contribution is 7.81.